The van der Waals surface area contributed by atoms with Crippen molar-refractivity contribution >= 4 is 5.91 Å². The van der Waals surface area contributed by atoms with E-state index in [9.17, 15) is 18.0 Å². The summed E-state index contributed by atoms with van der Waals surface area (Å²) in [6.45, 7) is 4.10. The van der Waals surface area contributed by atoms with E-state index in [1.807, 2.05) is 28.4 Å². The average molecular weight is 358 g/mol. The topological polar surface area (TPSA) is 57.7 Å². The number of ether oxygens (including phenoxy) is 1. The molecule has 0 saturated heterocycles. The third-order valence-corrected chi connectivity index (χ3v) is 3.41. The number of carbonyl (C=O) groups excluding carboxylic acids is 1. The molecule has 0 unspecified atom stereocenters. The van der Waals surface area contributed by atoms with Gasteiger partial charge in [0.1, 0.15) is 0 Å². The third kappa shape index (κ3) is 6.61. The van der Waals surface area contributed by atoms with Crippen LogP contribution >= 0.6 is 0 Å². The minimum Gasteiger partial charge on any atom is -0.468 e. The number of hydrogen-bond acceptors (Lipinski definition) is 5. The molecule has 25 heavy (non-hydrogen) atoms. The summed E-state index contributed by atoms with van der Waals surface area (Å²) >= 11 is 0. The fraction of sp³-hybridized carbons (Fsp3) is 0.500. The van der Waals surface area contributed by atoms with Crippen LogP contribution in [0, 0.1) is 6.92 Å². The lowest BCUT2D eigenvalue weighted by molar-refractivity contribution is -0.154. The zero-order chi connectivity index (χ0) is 18.4. The summed E-state index contributed by atoms with van der Waals surface area (Å²) in [5.74, 6) is -0.129. The minimum atomic E-state index is -4.40. The van der Waals surface area contributed by atoms with Crippen molar-refractivity contribution in [2.45, 2.75) is 26.6 Å². The fourth-order valence-electron chi connectivity index (χ4n) is 2.45. The lowest BCUT2D eigenvalue weighted by atomic mass is 10.2. The Bertz CT molecular complexity index is 634. The number of halogens is 3. The number of aromatic nitrogens is 1. The average Bonchev–Trinajstić information content (AvgIpc) is 2.91. The van der Waals surface area contributed by atoms with Crippen molar-refractivity contribution in [1.29, 1.82) is 0 Å². The van der Waals surface area contributed by atoms with Crippen molar-refractivity contribution in [2.24, 2.45) is 0 Å². The molecule has 2 rings (SSSR count). The van der Waals surface area contributed by atoms with Crippen LogP contribution in [-0.4, -0.2) is 53.3 Å². The molecule has 6 nitrogen and oxygen atoms in total. The predicted molar refractivity (Wildman–Crippen MR) is 85.5 cm³/mol. The van der Waals surface area contributed by atoms with Crippen LogP contribution in [-0.2, 0) is 11.3 Å². The SMILES string of the molecule is CC(=O)NCCN1C=CCN1Cc1cc(C)nc(OCC(F)(F)F)c1. The van der Waals surface area contributed by atoms with Crippen LogP contribution in [0.4, 0.5) is 13.2 Å². The fourth-order valence-corrected chi connectivity index (χ4v) is 2.45. The Balaban J connectivity index is 1.96. The highest BCUT2D eigenvalue weighted by molar-refractivity contribution is 5.72. The molecule has 0 bridgehead atoms. The normalized spacial score (nSPS) is 14.8. The van der Waals surface area contributed by atoms with Gasteiger partial charge in [-0.3, -0.25) is 4.79 Å². The number of nitrogens with zero attached hydrogens (tertiary/aromatic N) is 3. The van der Waals surface area contributed by atoms with Crippen molar-refractivity contribution in [3.8, 4) is 5.88 Å². The highest BCUT2D eigenvalue weighted by atomic mass is 19.4. The third-order valence-electron chi connectivity index (χ3n) is 3.41. The summed E-state index contributed by atoms with van der Waals surface area (Å²) in [5, 5.41) is 6.71. The summed E-state index contributed by atoms with van der Waals surface area (Å²) < 4.78 is 41.6. The summed E-state index contributed by atoms with van der Waals surface area (Å²) in [4.78, 5) is 14.9. The quantitative estimate of drug-likeness (QED) is 0.808. The standard InChI is InChI=1S/C16H21F3N4O2/c1-12-8-14(9-15(21-12)25-11-16(17,18)19)10-23-6-3-5-22(23)7-4-20-13(2)24/h3,5,8-9H,4,6-7,10-11H2,1-2H3,(H,20,24). The highest BCUT2D eigenvalue weighted by Gasteiger charge is 2.28. The predicted octanol–water partition coefficient (Wildman–Crippen LogP) is 2.01. The molecule has 0 aromatic carbocycles. The Kier molecular flexibility index (Phi) is 6.24. The van der Waals surface area contributed by atoms with Gasteiger partial charge in [-0.15, -0.1) is 0 Å². The number of nitrogens with one attached hydrogen (secondary N) is 1. The van der Waals surface area contributed by atoms with Crippen LogP contribution in [0.2, 0.25) is 0 Å². The number of amides is 1. The van der Waals surface area contributed by atoms with Crippen molar-refractivity contribution in [2.75, 3.05) is 26.2 Å². The first kappa shape index (κ1) is 19.0. The highest BCUT2D eigenvalue weighted by Crippen LogP contribution is 2.20. The van der Waals surface area contributed by atoms with Gasteiger partial charge in [0.05, 0.1) is 6.54 Å². The number of pyridine rings is 1. The van der Waals surface area contributed by atoms with E-state index in [4.69, 9.17) is 4.74 Å². The van der Waals surface area contributed by atoms with Crippen LogP contribution in [0.1, 0.15) is 18.2 Å². The van der Waals surface area contributed by atoms with E-state index < -0.39 is 12.8 Å². The first-order chi connectivity index (χ1) is 11.7. The summed E-state index contributed by atoms with van der Waals surface area (Å²) in [7, 11) is 0. The maximum Gasteiger partial charge on any atom is 0.422 e. The monoisotopic (exact) mass is 358 g/mol. The Morgan fingerprint density at radius 2 is 2.16 bits per heavy atom. The van der Waals surface area contributed by atoms with E-state index in [1.54, 1.807) is 6.92 Å². The number of aryl methyl sites for hydroxylation is 1. The molecular formula is C16H21F3N4O2. The van der Waals surface area contributed by atoms with Gasteiger partial charge < -0.3 is 15.1 Å². The zero-order valence-electron chi connectivity index (χ0n) is 14.1. The Hall–Kier alpha value is -2.29. The molecule has 1 aliphatic rings. The van der Waals surface area contributed by atoms with Gasteiger partial charge in [0.15, 0.2) is 6.61 Å². The van der Waals surface area contributed by atoms with E-state index in [2.05, 4.69) is 10.3 Å². The largest absolute Gasteiger partial charge is 0.468 e. The zero-order valence-corrected chi connectivity index (χ0v) is 14.1. The molecule has 0 saturated carbocycles. The number of rotatable bonds is 7. The molecule has 1 amide bonds. The van der Waals surface area contributed by atoms with Gasteiger partial charge in [-0.2, -0.15) is 13.2 Å². The smallest absolute Gasteiger partial charge is 0.422 e. The summed E-state index contributed by atoms with van der Waals surface area (Å²) in [5.41, 5.74) is 1.39. The number of hydrazine groups is 1. The molecule has 1 aliphatic heterocycles. The van der Waals surface area contributed by atoms with Crippen LogP contribution in [0.15, 0.2) is 24.4 Å². The summed E-state index contributed by atoms with van der Waals surface area (Å²) in [6.07, 6.45) is -0.509. The van der Waals surface area contributed by atoms with E-state index in [0.717, 1.165) is 5.56 Å². The second kappa shape index (κ2) is 8.19. The minimum absolute atomic E-state index is 0.0377. The second-order valence-electron chi connectivity index (χ2n) is 5.74. The molecule has 0 fully saturated rings. The van der Waals surface area contributed by atoms with Gasteiger partial charge in [-0.1, -0.05) is 6.08 Å². The molecule has 1 N–H and O–H groups in total. The van der Waals surface area contributed by atoms with Gasteiger partial charge in [0.25, 0.3) is 0 Å². The Morgan fingerprint density at radius 3 is 2.84 bits per heavy atom. The molecule has 1 aromatic heterocycles. The molecular weight excluding hydrogens is 337 g/mol. The Labute approximate surface area is 144 Å². The van der Waals surface area contributed by atoms with Crippen molar-refractivity contribution in [3.63, 3.8) is 0 Å². The van der Waals surface area contributed by atoms with Crippen molar-refractivity contribution in [3.05, 3.63) is 35.7 Å². The molecule has 1 aromatic rings. The van der Waals surface area contributed by atoms with E-state index in [0.29, 0.717) is 31.9 Å². The van der Waals surface area contributed by atoms with Crippen molar-refractivity contribution < 1.29 is 22.7 Å². The molecule has 0 spiro atoms. The van der Waals surface area contributed by atoms with Crippen molar-refractivity contribution in [1.82, 2.24) is 20.3 Å². The maximum atomic E-state index is 12.3. The molecule has 2 heterocycles. The molecule has 0 radical (unpaired) electrons. The van der Waals surface area contributed by atoms with E-state index >= 15 is 0 Å². The van der Waals surface area contributed by atoms with Crippen LogP contribution < -0.4 is 10.1 Å². The number of hydrogen-bond donors (Lipinski definition) is 1. The van der Waals surface area contributed by atoms with E-state index in [-0.39, 0.29) is 11.8 Å². The maximum absolute atomic E-state index is 12.3. The van der Waals surface area contributed by atoms with Crippen LogP contribution in [0.25, 0.3) is 0 Å². The molecule has 0 atom stereocenters. The first-order valence-corrected chi connectivity index (χ1v) is 7.82. The van der Waals surface area contributed by atoms with Gasteiger partial charge in [-0.05, 0) is 18.6 Å². The molecule has 0 aliphatic carbocycles. The van der Waals surface area contributed by atoms with Gasteiger partial charge in [0.2, 0.25) is 11.8 Å². The molecule has 138 valence electrons. The van der Waals surface area contributed by atoms with Gasteiger partial charge in [-0.25, -0.2) is 9.99 Å². The van der Waals surface area contributed by atoms with Gasteiger partial charge >= 0.3 is 6.18 Å². The number of carbonyl (C=O) groups is 1. The summed E-state index contributed by atoms with van der Waals surface area (Å²) in [6, 6.07) is 3.33. The Morgan fingerprint density at radius 1 is 1.40 bits per heavy atom. The van der Waals surface area contributed by atoms with Gasteiger partial charge in [0, 0.05) is 44.5 Å². The van der Waals surface area contributed by atoms with Crippen LogP contribution in [0.3, 0.4) is 0 Å². The lowest BCUT2D eigenvalue weighted by Crippen LogP contribution is -2.39. The first-order valence-electron chi connectivity index (χ1n) is 7.82. The van der Waals surface area contributed by atoms with Crippen LogP contribution in [0.5, 0.6) is 5.88 Å². The molecule has 9 heteroatoms. The van der Waals surface area contributed by atoms with E-state index in [1.165, 1.54) is 13.0 Å². The number of alkyl halides is 3. The second-order valence-corrected chi connectivity index (χ2v) is 5.74. The lowest BCUT2D eigenvalue weighted by Gasteiger charge is -2.29.